The zero-order valence-corrected chi connectivity index (χ0v) is 10.1. The number of aliphatic hydroxyl groups excluding tert-OH is 1. The Morgan fingerprint density at radius 1 is 1.60 bits per heavy atom. The molecule has 0 radical (unpaired) electrons. The van der Waals surface area contributed by atoms with Gasteiger partial charge in [-0.25, -0.2) is 0 Å². The van der Waals surface area contributed by atoms with Gasteiger partial charge in [0.1, 0.15) is 5.78 Å². The van der Waals surface area contributed by atoms with Crippen LogP contribution < -0.4 is 0 Å². The molecule has 0 aromatic rings. The van der Waals surface area contributed by atoms with E-state index in [4.69, 9.17) is 0 Å². The molecule has 0 bridgehead atoms. The molecule has 1 saturated heterocycles. The van der Waals surface area contributed by atoms with Crippen LogP contribution in [0.2, 0.25) is 0 Å². The monoisotopic (exact) mass is 214 g/mol. The van der Waals surface area contributed by atoms with E-state index in [-0.39, 0.29) is 17.9 Å². The zero-order valence-electron chi connectivity index (χ0n) is 10.1. The third kappa shape index (κ3) is 3.26. The van der Waals surface area contributed by atoms with Gasteiger partial charge in [0.15, 0.2) is 0 Å². The highest BCUT2D eigenvalue weighted by atomic mass is 16.3. The number of likely N-dealkylation sites (tertiary alicyclic amines) is 1. The molecular formula is C11H22N2O2. The van der Waals surface area contributed by atoms with Gasteiger partial charge in [0.05, 0.1) is 12.1 Å². The van der Waals surface area contributed by atoms with Crippen LogP contribution in [0, 0.1) is 0 Å². The molecule has 0 aromatic carbocycles. The van der Waals surface area contributed by atoms with E-state index in [0.717, 1.165) is 13.0 Å². The molecule has 1 rings (SSSR count). The Kier molecular flexibility index (Phi) is 4.25. The van der Waals surface area contributed by atoms with Crippen LogP contribution in [0.5, 0.6) is 0 Å². The molecular weight excluding hydrogens is 192 g/mol. The van der Waals surface area contributed by atoms with Crippen LogP contribution in [0.1, 0.15) is 20.3 Å². The summed E-state index contributed by atoms with van der Waals surface area (Å²) in [5, 5.41) is 9.64. The average Bonchev–Trinajstić information content (AvgIpc) is 2.44. The molecule has 4 heteroatoms. The van der Waals surface area contributed by atoms with Crippen molar-refractivity contribution in [3.63, 3.8) is 0 Å². The second-order valence-electron chi connectivity index (χ2n) is 4.79. The number of ketones is 1. The van der Waals surface area contributed by atoms with Crippen LogP contribution >= 0.6 is 0 Å². The van der Waals surface area contributed by atoms with Crippen molar-refractivity contribution in [1.29, 1.82) is 0 Å². The molecule has 4 nitrogen and oxygen atoms in total. The first-order valence-electron chi connectivity index (χ1n) is 5.50. The largest absolute Gasteiger partial charge is 0.392 e. The summed E-state index contributed by atoms with van der Waals surface area (Å²) in [5.41, 5.74) is 0. The number of β-amino-alcohol motifs (C(OH)–C–C–N with tert-alkyl or cyclic N) is 1. The first kappa shape index (κ1) is 12.6. The van der Waals surface area contributed by atoms with Gasteiger partial charge in [-0.1, -0.05) is 0 Å². The van der Waals surface area contributed by atoms with Crippen LogP contribution in [0.4, 0.5) is 0 Å². The predicted molar refractivity (Wildman–Crippen MR) is 59.8 cm³/mol. The molecule has 0 aromatic heterocycles. The van der Waals surface area contributed by atoms with E-state index in [1.165, 1.54) is 0 Å². The number of carbonyl (C=O) groups is 1. The summed E-state index contributed by atoms with van der Waals surface area (Å²) in [6.45, 7) is 5.05. The van der Waals surface area contributed by atoms with E-state index in [2.05, 4.69) is 9.80 Å². The Morgan fingerprint density at radius 2 is 2.20 bits per heavy atom. The summed E-state index contributed by atoms with van der Waals surface area (Å²) in [6.07, 6.45) is 0.493. The van der Waals surface area contributed by atoms with Gasteiger partial charge < -0.3 is 10.0 Å². The second-order valence-corrected chi connectivity index (χ2v) is 4.79. The number of hydrogen-bond acceptors (Lipinski definition) is 4. The van der Waals surface area contributed by atoms with Crippen molar-refractivity contribution >= 4 is 5.78 Å². The minimum atomic E-state index is -0.281. The molecule has 1 fully saturated rings. The maximum absolute atomic E-state index is 11.3. The van der Waals surface area contributed by atoms with Crippen LogP contribution in [0.15, 0.2) is 0 Å². The molecule has 1 aliphatic rings. The predicted octanol–water partition coefficient (Wildman–Crippen LogP) is -0.0393. The van der Waals surface area contributed by atoms with Gasteiger partial charge in [-0.05, 0) is 34.4 Å². The van der Waals surface area contributed by atoms with Gasteiger partial charge in [0.2, 0.25) is 0 Å². The van der Waals surface area contributed by atoms with Crippen LogP contribution in [-0.4, -0.2) is 66.1 Å². The lowest BCUT2D eigenvalue weighted by Crippen LogP contribution is -2.45. The minimum Gasteiger partial charge on any atom is -0.392 e. The second kappa shape index (κ2) is 5.05. The lowest BCUT2D eigenvalue weighted by Gasteiger charge is -2.30. The summed E-state index contributed by atoms with van der Waals surface area (Å²) >= 11 is 0. The average molecular weight is 214 g/mol. The Morgan fingerprint density at radius 3 is 2.67 bits per heavy atom. The maximum atomic E-state index is 11.3. The summed E-state index contributed by atoms with van der Waals surface area (Å²) < 4.78 is 0. The SMILES string of the molecule is CC(=O)C(C)N1CC(O)CC1CN(C)C. The third-order valence-corrected chi connectivity index (χ3v) is 3.10. The fourth-order valence-corrected chi connectivity index (χ4v) is 2.23. The topological polar surface area (TPSA) is 43.8 Å². The van der Waals surface area contributed by atoms with Crippen molar-refractivity contribution in [2.24, 2.45) is 0 Å². The molecule has 3 atom stereocenters. The van der Waals surface area contributed by atoms with E-state index in [0.29, 0.717) is 12.6 Å². The number of rotatable bonds is 4. The van der Waals surface area contributed by atoms with Gasteiger partial charge in [-0.2, -0.15) is 0 Å². The molecule has 1 aliphatic heterocycles. The Hall–Kier alpha value is -0.450. The van der Waals surface area contributed by atoms with E-state index in [1.807, 2.05) is 21.0 Å². The number of aliphatic hydroxyl groups is 1. The van der Waals surface area contributed by atoms with E-state index in [1.54, 1.807) is 6.92 Å². The highest BCUT2D eigenvalue weighted by molar-refractivity contribution is 5.81. The van der Waals surface area contributed by atoms with E-state index >= 15 is 0 Å². The molecule has 0 aliphatic carbocycles. The highest BCUT2D eigenvalue weighted by Gasteiger charge is 2.35. The fraction of sp³-hybridized carbons (Fsp3) is 0.909. The molecule has 3 unspecified atom stereocenters. The van der Waals surface area contributed by atoms with Gasteiger partial charge in [-0.3, -0.25) is 9.69 Å². The quantitative estimate of drug-likeness (QED) is 0.713. The van der Waals surface area contributed by atoms with Gasteiger partial charge >= 0.3 is 0 Å². The Balaban J connectivity index is 2.64. The zero-order chi connectivity index (χ0) is 11.6. The minimum absolute atomic E-state index is 0.0768. The van der Waals surface area contributed by atoms with E-state index in [9.17, 15) is 9.90 Å². The Bertz CT molecular complexity index is 231. The fourth-order valence-electron chi connectivity index (χ4n) is 2.23. The van der Waals surface area contributed by atoms with Crippen molar-refractivity contribution in [2.75, 3.05) is 27.2 Å². The summed E-state index contributed by atoms with van der Waals surface area (Å²) in [7, 11) is 4.03. The third-order valence-electron chi connectivity index (χ3n) is 3.10. The molecule has 15 heavy (non-hydrogen) atoms. The molecule has 0 saturated carbocycles. The van der Waals surface area contributed by atoms with Crippen molar-refractivity contribution in [3.8, 4) is 0 Å². The van der Waals surface area contributed by atoms with Crippen LogP contribution in [-0.2, 0) is 4.79 Å². The summed E-state index contributed by atoms with van der Waals surface area (Å²) in [5.74, 6) is 0.174. The number of likely N-dealkylation sites (N-methyl/N-ethyl adjacent to an activating group) is 1. The van der Waals surface area contributed by atoms with Crippen molar-refractivity contribution in [3.05, 3.63) is 0 Å². The van der Waals surface area contributed by atoms with E-state index < -0.39 is 0 Å². The van der Waals surface area contributed by atoms with Gasteiger partial charge in [0, 0.05) is 19.1 Å². The standard InChI is InChI=1S/C11H22N2O2/c1-8(9(2)14)13-7-11(15)5-10(13)6-12(3)4/h8,10-11,15H,5-7H2,1-4H3. The normalized spacial score (nSPS) is 29.7. The highest BCUT2D eigenvalue weighted by Crippen LogP contribution is 2.21. The maximum Gasteiger partial charge on any atom is 0.146 e. The molecule has 0 spiro atoms. The van der Waals surface area contributed by atoms with Crippen LogP contribution in [0.25, 0.3) is 0 Å². The van der Waals surface area contributed by atoms with Crippen molar-refractivity contribution in [2.45, 2.75) is 38.5 Å². The lowest BCUT2D eigenvalue weighted by molar-refractivity contribution is -0.122. The first-order chi connectivity index (χ1) is 6.91. The number of hydrogen-bond donors (Lipinski definition) is 1. The van der Waals surface area contributed by atoms with Crippen molar-refractivity contribution in [1.82, 2.24) is 9.80 Å². The van der Waals surface area contributed by atoms with Crippen molar-refractivity contribution < 1.29 is 9.90 Å². The number of nitrogens with zero attached hydrogens (tertiary/aromatic N) is 2. The van der Waals surface area contributed by atoms with Gasteiger partial charge in [0.25, 0.3) is 0 Å². The first-order valence-corrected chi connectivity index (χ1v) is 5.50. The molecule has 88 valence electrons. The summed E-state index contributed by atoms with van der Waals surface area (Å²) in [6, 6.07) is 0.223. The smallest absolute Gasteiger partial charge is 0.146 e. The van der Waals surface area contributed by atoms with Crippen LogP contribution in [0.3, 0.4) is 0 Å². The lowest BCUT2D eigenvalue weighted by atomic mass is 10.1. The van der Waals surface area contributed by atoms with Gasteiger partial charge in [-0.15, -0.1) is 0 Å². The number of Topliss-reactive ketones (excluding diaryl/α,β-unsaturated/α-hetero) is 1. The molecule has 1 N–H and O–H groups in total. The molecule has 1 heterocycles. The molecule has 0 amide bonds. The Labute approximate surface area is 91.9 Å². The number of carbonyl (C=O) groups excluding carboxylic acids is 1. The summed E-state index contributed by atoms with van der Waals surface area (Å²) in [4.78, 5) is 15.5.